The van der Waals surface area contributed by atoms with Crippen molar-refractivity contribution in [2.24, 2.45) is 10.9 Å². The first kappa shape index (κ1) is 27.0. The van der Waals surface area contributed by atoms with Gasteiger partial charge in [0.2, 0.25) is 5.88 Å². The zero-order valence-corrected chi connectivity index (χ0v) is 22.9. The smallest absolute Gasteiger partial charge is 0.342 e. The van der Waals surface area contributed by atoms with Crippen molar-refractivity contribution in [3.05, 3.63) is 64.8 Å². The number of carbonyl (C=O) groups excluding carboxylic acids is 1. The lowest BCUT2D eigenvalue weighted by Crippen LogP contribution is -2.40. The summed E-state index contributed by atoms with van der Waals surface area (Å²) in [4.78, 5) is 19.7. The van der Waals surface area contributed by atoms with E-state index >= 15 is 0 Å². The minimum atomic E-state index is -0.482. The third-order valence-electron chi connectivity index (χ3n) is 7.46. The standard InChI is InChI=1S/C31H36N2O6/c1-5-21(17-24(32-4)38-18-20-11-12-20)28(33-13-15-36-16-14-33)27-26-25(31(35)37-6-2)19(3)39-30(26)23-10-8-7-9-22(23)29(27)34/h5,7-10,17,20,28,34H,4,6,11-16,18H2,1-3H3/b21-5+,24-17+. The van der Waals surface area contributed by atoms with Crippen LogP contribution in [0.2, 0.25) is 0 Å². The van der Waals surface area contributed by atoms with Crippen molar-refractivity contribution in [3.8, 4) is 5.75 Å². The van der Waals surface area contributed by atoms with Crippen LogP contribution in [0.4, 0.5) is 0 Å². The zero-order chi connectivity index (χ0) is 27.5. The molecule has 0 spiro atoms. The molecule has 1 saturated carbocycles. The molecule has 2 heterocycles. The highest BCUT2D eigenvalue weighted by Crippen LogP contribution is 2.48. The number of fused-ring (bicyclic) bond motifs is 3. The summed E-state index contributed by atoms with van der Waals surface area (Å²) in [5.74, 6) is 1.05. The minimum absolute atomic E-state index is 0.0979. The van der Waals surface area contributed by atoms with Gasteiger partial charge >= 0.3 is 5.97 Å². The second-order valence-electron chi connectivity index (χ2n) is 10.0. The third kappa shape index (κ3) is 5.31. The highest BCUT2D eigenvalue weighted by molar-refractivity contribution is 6.16. The topological polar surface area (TPSA) is 93.7 Å². The van der Waals surface area contributed by atoms with Crippen molar-refractivity contribution in [2.75, 3.05) is 39.5 Å². The van der Waals surface area contributed by atoms with Crippen LogP contribution in [0.25, 0.3) is 21.7 Å². The van der Waals surface area contributed by atoms with E-state index in [-0.39, 0.29) is 12.4 Å². The monoisotopic (exact) mass is 532 g/mol. The van der Waals surface area contributed by atoms with Crippen LogP contribution in [0.5, 0.6) is 5.75 Å². The van der Waals surface area contributed by atoms with Gasteiger partial charge in [0.25, 0.3) is 0 Å². The molecule has 2 aliphatic rings. The number of allylic oxidation sites excluding steroid dienone is 1. The fraction of sp³-hybridized carbons (Fsp3) is 0.419. The second-order valence-corrected chi connectivity index (χ2v) is 10.0. The van der Waals surface area contributed by atoms with Crippen LogP contribution in [0.15, 0.2) is 57.3 Å². The number of benzene rings is 2. The minimum Gasteiger partial charge on any atom is -0.507 e. The summed E-state index contributed by atoms with van der Waals surface area (Å²) in [7, 11) is 0. The number of aliphatic imine (C=N–C) groups is 1. The van der Waals surface area contributed by atoms with Gasteiger partial charge in [-0.05, 0) is 51.8 Å². The van der Waals surface area contributed by atoms with E-state index in [1.807, 2.05) is 43.3 Å². The van der Waals surface area contributed by atoms with Gasteiger partial charge in [-0.1, -0.05) is 30.3 Å². The lowest BCUT2D eigenvalue weighted by Gasteiger charge is -2.36. The van der Waals surface area contributed by atoms with Crippen LogP contribution in [-0.4, -0.2) is 62.2 Å². The molecule has 1 saturated heterocycles. The van der Waals surface area contributed by atoms with Gasteiger partial charge in [0.15, 0.2) is 0 Å². The molecule has 3 aromatic rings. The summed E-state index contributed by atoms with van der Waals surface area (Å²) in [6.45, 7) is 12.4. The Kier molecular flexibility index (Phi) is 8.04. The SMILES string of the molecule is C=N/C(=C\C(=C/C)C(c1c(O)c2ccccc2c2oc(C)c(C(=O)OCC)c12)N1CCOCC1)OCC1CC1. The fourth-order valence-electron chi connectivity index (χ4n) is 5.34. The van der Waals surface area contributed by atoms with Crippen molar-refractivity contribution in [1.29, 1.82) is 0 Å². The van der Waals surface area contributed by atoms with Gasteiger partial charge in [-0.15, -0.1) is 0 Å². The zero-order valence-electron chi connectivity index (χ0n) is 22.9. The summed E-state index contributed by atoms with van der Waals surface area (Å²) >= 11 is 0. The number of carbonyl (C=O) groups is 1. The molecule has 2 fully saturated rings. The predicted molar refractivity (Wildman–Crippen MR) is 151 cm³/mol. The van der Waals surface area contributed by atoms with Crippen LogP contribution in [0.3, 0.4) is 0 Å². The Hall–Kier alpha value is -3.62. The van der Waals surface area contributed by atoms with Gasteiger partial charge in [-0.2, -0.15) is 0 Å². The normalized spacial score (nSPS) is 17.9. The Bertz CT molecular complexity index is 1440. The van der Waals surface area contributed by atoms with Crippen molar-refractivity contribution in [3.63, 3.8) is 0 Å². The summed E-state index contributed by atoms with van der Waals surface area (Å²) in [5, 5.41) is 13.9. The molecule has 0 radical (unpaired) electrons. The molecular formula is C31H36N2O6. The molecule has 0 bridgehead atoms. The largest absolute Gasteiger partial charge is 0.507 e. The van der Waals surface area contributed by atoms with Crippen molar-refractivity contribution in [2.45, 2.75) is 39.7 Å². The maximum Gasteiger partial charge on any atom is 0.342 e. The Morgan fingerprint density at radius 3 is 2.59 bits per heavy atom. The van der Waals surface area contributed by atoms with Gasteiger partial charge in [-0.3, -0.25) is 4.90 Å². The molecule has 1 aliphatic carbocycles. The van der Waals surface area contributed by atoms with E-state index in [1.165, 1.54) is 0 Å². The van der Waals surface area contributed by atoms with E-state index in [0.29, 0.717) is 78.0 Å². The molecule has 1 aliphatic heterocycles. The number of furan rings is 1. The van der Waals surface area contributed by atoms with Gasteiger partial charge in [-0.25, -0.2) is 9.79 Å². The summed E-state index contributed by atoms with van der Waals surface area (Å²) < 4.78 is 23.4. The number of nitrogens with zero attached hydrogens (tertiary/aromatic N) is 2. The van der Waals surface area contributed by atoms with E-state index in [4.69, 9.17) is 18.6 Å². The Balaban J connectivity index is 1.78. The number of phenolic OH excluding ortho intramolecular Hbond substituents is 1. The number of esters is 1. The summed E-state index contributed by atoms with van der Waals surface area (Å²) in [5.41, 5.74) is 2.31. The Labute approximate surface area is 228 Å². The molecule has 1 aromatic heterocycles. The Morgan fingerprint density at radius 2 is 1.95 bits per heavy atom. The highest BCUT2D eigenvalue weighted by Gasteiger charge is 2.35. The number of morpholine rings is 1. The number of aromatic hydroxyl groups is 1. The average Bonchev–Trinajstić information content (AvgIpc) is 3.72. The molecule has 1 unspecified atom stereocenters. The second kappa shape index (κ2) is 11.6. The first-order valence-corrected chi connectivity index (χ1v) is 13.6. The first-order valence-electron chi connectivity index (χ1n) is 13.6. The number of rotatable bonds is 10. The molecular weight excluding hydrogens is 496 g/mol. The number of aryl methyl sites for hydroxylation is 1. The molecule has 0 amide bonds. The van der Waals surface area contributed by atoms with Crippen molar-refractivity contribution < 1.29 is 28.5 Å². The Morgan fingerprint density at radius 1 is 1.23 bits per heavy atom. The summed E-state index contributed by atoms with van der Waals surface area (Å²) in [6.07, 6.45) is 6.20. The maximum absolute atomic E-state index is 13.3. The van der Waals surface area contributed by atoms with Crippen LogP contribution in [-0.2, 0) is 14.2 Å². The number of ether oxygens (including phenoxy) is 3. The lowest BCUT2D eigenvalue weighted by atomic mass is 9.88. The van der Waals surface area contributed by atoms with E-state index in [0.717, 1.165) is 23.8 Å². The first-order chi connectivity index (χ1) is 19.0. The van der Waals surface area contributed by atoms with Gasteiger partial charge in [0, 0.05) is 40.9 Å². The van der Waals surface area contributed by atoms with Crippen LogP contribution >= 0.6 is 0 Å². The number of phenols is 1. The maximum atomic E-state index is 13.3. The third-order valence-corrected chi connectivity index (χ3v) is 7.46. The molecule has 5 rings (SSSR count). The molecule has 8 heteroatoms. The molecule has 8 nitrogen and oxygen atoms in total. The van der Waals surface area contributed by atoms with E-state index in [2.05, 4.69) is 16.6 Å². The average molecular weight is 533 g/mol. The van der Waals surface area contributed by atoms with Crippen molar-refractivity contribution >= 4 is 34.4 Å². The summed E-state index contributed by atoms with van der Waals surface area (Å²) in [6, 6.07) is 7.09. The predicted octanol–water partition coefficient (Wildman–Crippen LogP) is 6.06. The number of hydrogen-bond donors (Lipinski definition) is 1. The van der Waals surface area contributed by atoms with Gasteiger partial charge in [0.1, 0.15) is 22.7 Å². The van der Waals surface area contributed by atoms with E-state index < -0.39 is 12.0 Å². The lowest BCUT2D eigenvalue weighted by molar-refractivity contribution is 0.0235. The molecule has 1 N–H and O–H groups in total. The molecule has 1 atom stereocenters. The molecule has 39 heavy (non-hydrogen) atoms. The highest BCUT2D eigenvalue weighted by atomic mass is 16.5. The quantitative estimate of drug-likeness (QED) is 0.147. The van der Waals surface area contributed by atoms with Crippen LogP contribution in [0.1, 0.15) is 54.4 Å². The van der Waals surface area contributed by atoms with E-state index in [1.54, 1.807) is 13.8 Å². The van der Waals surface area contributed by atoms with Crippen LogP contribution < -0.4 is 0 Å². The molecule has 2 aromatic carbocycles. The fourth-order valence-corrected chi connectivity index (χ4v) is 5.34. The molecule has 206 valence electrons. The van der Waals surface area contributed by atoms with E-state index in [9.17, 15) is 9.90 Å². The van der Waals surface area contributed by atoms with Crippen LogP contribution in [0, 0.1) is 12.8 Å². The van der Waals surface area contributed by atoms with Crippen molar-refractivity contribution in [1.82, 2.24) is 4.90 Å². The van der Waals surface area contributed by atoms with Gasteiger partial charge < -0.3 is 23.7 Å². The van der Waals surface area contributed by atoms with Gasteiger partial charge in [0.05, 0.1) is 32.5 Å². The number of hydrogen-bond acceptors (Lipinski definition) is 8.